The van der Waals surface area contributed by atoms with E-state index in [1.54, 1.807) is 0 Å². The summed E-state index contributed by atoms with van der Waals surface area (Å²) in [5, 5.41) is 3.16. The van der Waals surface area contributed by atoms with Crippen molar-refractivity contribution in [2.75, 3.05) is 25.5 Å². The van der Waals surface area contributed by atoms with Gasteiger partial charge in [-0.05, 0) is 79.5 Å². The number of hydrogen-bond donors (Lipinski definition) is 1. The zero-order valence-electron chi connectivity index (χ0n) is 30.1. The standard InChI is InChI=1S/C40H57N5O2/c1-10-14-29-17-20-31(21-18-29)37(46)42-39-41-34-25-30(26-43(9)36(12-3)40(6,7)8)19-22-35(34)45(39)33-16-13-23-44(27-33)38(47)32(15-11-2)24-28(4)5/h12,17-22,24-25,28,33,36H,3,10-11,13-16,23,26-27H2,1-2,4-9H3,(H,41,42,46)/b32-24+/t33?,36-/m0/s1. The number of benzene rings is 2. The minimum Gasteiger partial charge on any atom is -0.337 e. The normalized spacial score (nSPS) is 16.6. The number of aryl methyl sites for hydroxylation is 1. The number of likely N-dealkylation sites (N-methyl/N-ethyl adjacent to an activating group) is 1. The Bertz CT molecular complexity index is 1560. The van der Waals surface area contributed by atoms with Gasteiger partial charge in [-0.1, -0.05) is 91.7 Å². The molecule has 7 nitrogen and oxygen atoms in total. The van der Waals surface area contributed by atoms with Crippen LogP contribution in [-0.4, -0.2) is 57.3 Å². The summed E-state index contributed by atoms with van der Waals surface area (Å²) in [6, 6.07) is 14.5. The Labute approximate surface area is 283 Å². The first-order chi connectivity index (χ1) is 22.4. The fourth-order valence-electron chi connectivity index (χ4n) is 7.05. The number of piperidine rings is 1. The third-order valence-corrected chi connectivity index (χ3v) is 9.13. The highest BCUT2D eigenvalue weighted by Crippen LogP contribution is 2.33. The summed E-state index contributed by atoms with van der Waals surface area (Å²) in [5.41, 5.74) is 5.73. The summed E-state index contributed by atoms with van der Waals surface area (Å²) < 4.78 is 2.17. The molecular weight excluding hydrogens is 582 g/mol. The zero-order valence-corrected chi connectivity index (χ0v) is 30.1. The van der Waals surface area contributed by atoms with E-state index in [1.807, 2.05) is 35.2 Å². The molecule has 2 atom stereocenters. The van der Waals surface area contributed by atoms with E-state index in [0.717, 1.165) is 73.8 Å². The minimum absolute atomic E-state index is 0.0126. The van der Waals surface area contributed by atoms with E-state index in [-0.39, 0.29) is 29.3 Å². The van der Waals surface area contributed by atoms with Crippen molar-refractivity contribution >= 4 is 28.8 Å². The van der Waals surface area contributed by atoms with Gasteiger partial charge in [0.1, 0.15) is 0 Å². The van der Waals surface area contributed by atoms with Gasteiger partial charge >= 0.3 is 0 Å². The van der Waals surface area contributed by atoms with Crippen molar-refractivity contribution in [1.29, 1.82) is 0 Å². The maximum Gasteiger partial charge on any atom is 0.257 e. The molecule has 47 heavy (non-hydrogen) atoms. The summed E-state index contributed by atoms with van der Waals surface area (Å²) in [6.07, 6.45) is 9.70. The molecule has 2 heterocycles. The molecule has 1 saturated heterocycles. The highest BCUT2D eigenvalue weighted by Gasteiger charge is 2.30. The van der Waals surface area contributed by atoms with Crippen LogP contribution in [0.2, 0.25) is 0 Å². The van der Waals surface area contributed by atoms with E-state index in [2.05, 4.69) is 101 Å². The molecular formula is C40H57N5O2. The SMILES string of the molecule is C=C[C@H](N(C)Cc1ccc2c(c1)nc(NC(=O)c1ccc(CCC)cc1)n2C1CCCN(C(=O)/C(=C/C(C)C)CCC)C1)C(C)(C)C. The zero-order chi connectivity index (χ0) is 34.3. The first-order valence-electron chi connectivity index (χ1n) is 17.6. The van der Waals surface area contributed by atoms with Crippen LogP contribution in [0.1, 0.15) is 108 Å². The second kappa shape index (κ2) is 15.9. The third kappa shape index (κ3) is 9.01. The fraction of sp³-hybridized carbons (Fsp3) is 0.525. The van der Waals surface area contributed by atoms with Crippen molar-refractivity contribution < 1.29 is 9.59 Å². The number of allylic oxidation sites excluding steroid dienone is 1. The first-order valence-corrected chi connectivity index (χ1v) is 17.6. The second-order valence-electron chi connectivity index (χ2n) is 14.7. The number of carbonyl (C=O) groups excluding carboxylic acids is 2. The van der Waals surface area contributed by atoms with Crippen molar-refractivity contribution in [3.63, 3.8) is 0 Å². The average molecular weight is 640 g/mol. The van der Waals surface area contributed by atoms with E-state index in [9.17, 15) is 9.59 Å². The van der Waals surface area contributed by atoms with E-state index < -0.39 is 0 Å². The molecule has 0 spiro atoms. The number of amides is 2. The number of rotatable bonds is 13. The molecule has 1 aliphatic rings. The van der Waals surface area contributed by atoms with Crippen molar-refractivity contribution in [3.8, 4) is 0 Å². The Morgan fingerprint density at radius 2 is 1.79 bits per heavy atom. The Hall–Kier alpha value is -3.71. The fourth-order valence-corrected chi connectivity index (χ4v) is 7.05. The lowest BCUT2D eigenvalue weighted by molar-refractivity contribution is -0.128. The lowest BCUT2D eigenvalue weighted by Gasteiger charge is -2.36. The Morgan fingerprint density at radius 1 is 1.09 bits per heavy atom. The summed E-state index contributed by atoms with van der Waals surface area (Å²) in [4.78, 5) is 36.7. The van der Waals surface area contributed by atoms with Gasteiger partial charge < -0.3 is 9.47 Å². The van der Waals surface area contributed by atoms with Crippen LogP contribution in [0.5, 0.6) is 0 Å². The average Bonchev–Trinajstić information content (AvgIpc) is 3.37. The second-order valence-corrected chi connectivity index (χ2v) is 14.7. The van der Waals surface area contributed by atoms with E-state index in [4.69, 9.17) is 4.98 Å². The van der Waals surface area contributed by atoms with Crippen LogP contribution >= 0.6 is 0 Å². The quantitative estimate of drug-likeness (QED) is 0.150. The van der Waals surface area contributed by atoms with Crippen LogP contribution in [0.4, 0.5) is 5.95 Å². The minimum atomic E-state index is -0.183. The van der Waals surface area contributed by atoms with Gasteiger partial charge in [0.05, 0.1) is 17.1 Å². The van der Waals surface area contributed by atoms with Gasteiger partial charge in [-0.25, -0.2) is 4.98 Å². The molecule has 1 unspecified atom stereocenters. The Morgan fingerprint density at radius 3 is 2.40 bits per heavy atom. The van der Waals surface area contributed by atoms with Crippen molar-refractivity contribution in [2.45, 2.75) is 106 Å². The molecule has 3 aromatic rings. The highest BCUT2D eigenvalue weighted by molar-refractivity contribution is 6.04. The number of hydrogen-bond acceptors (Lipinski definition) is 4. The molecule has 7 heteroatoms. The van der Waals surface area contributed by atoms with Gasteiger partial charge in [-0.2, -0.15) is 0 Å². The molecule has 0 aliphatic carbocycles. The van der Waals surface area contributed by atoms with Crippen molar-refractivity contribution in [1.82, 2.24) is 19.4 Å². The summed E-state index contributed by atoms with van der Waals surface area (Å²) in [6.45, 7) is 21.4. The topological polar surface area (TPSA) is 70.5 Å². The predicted molar refractivity (Wildman–Crippen MR) is 196 cm³/mol. The predicted octanol–water partition coefficient (Wildman–Crippen LogP) is 8.82. The molecule has 1 aromatic heterocycles. The largest absolute Gasteiger partial charge is 0.337 e. The van der Waals surface area contributed by atoms with Crippen molar-refractivity contribution in [2.24, 2.45) is 11.3 Å². The van der Waals surface area contributed by atoms with E-state index in [1.165, 1.54) is 5.56 Å². The third-order valence-electron chi connectivity index (χ3n) is 9.13. The number of imidazole rings is 1. The number of aromatic nitrogens is 2. The first kappa shape index (κ1) is 36.1. The molecule has 0 saturated carbocycles. The van der Waals surface area contributed by atoms with Crippen LogP contribution in [0, 0.1) is 11.3 Å². The number of anilines is 1. The van der Waals surface area contributed by atoms with Crippen molar-refractivity contribution in [3.05, 3.63) is 83.5 Å². The van der Waals surface area contributed by atoms with Crippen LogP contribution in [0.15, 0.2) is 66.8 Å². The highest BCUT2D eigenvalue weighted by atomic mass is 16.2. The van der Waals surface area contributed by atoms with Crippen LogP contribution < -0.4 is 5.32 Å². The molecule has 0 bridgehead atoms. The van der Waals surface area contributed by atoms with Gasteiger partial charge in [0, 0.05) is 36.8 Å². The molecule has 0 radical (unpaired) electrons. The lowest BCUT2D eigenvalue weighted by Crippen LogP contribution is -2.41. The number of nitrogens with zero attached hydrogens (tertiary/aromatic N) is 4. The van der Waals surface area contributed by atoms with Crippen LogP contribution in [0.3, 0.4) is 0 Å². The lowest BCUT2D eigenvalue weighted by atomic mass is 9.85. The van der Waals surface area contributed by atoms with Gasteiger partial charge in [0.15, 0.2) is 0 Å². The van der Waals surface area contributed by atoms with E-state index >= 15 is 0 Å². The van der Waals surface area contributed by atoms with Crippen LogP contribution in [-0.2, 0) is 17.8 Å². The van der Waals surface area contributed by atoms with Crippen LogP contribution in [0.25, 0.3) is 11.0 Å². The maximum absolute atomic E-state index is 13.8. The molecule has 1 N–H and O–H groups in total. The summed E-state index contributed by atoms with van der Waals surface area (Å²) in [7, 11) is 2.13. The van der Waals surface area contributed by atoms with Gasteiger partial charge in [0.2, 0.25) is 11.9 Å². The number of nitrogens with one attached hydrogen (secondary N) is 1. The molecule has 4 rings (SSSR count). The van der Waals surface area contributed by atoms with E-state index in [0.29, 0.717) is 24.0 Å². The number of fused-ring (bicyclic) bond motifs is 1. The molecule has 1 fully saturated rings. The summed E-state index contributed by atoms with van der Waals surface area (Å²) in [5.74, 6) is 0.790. The Kier molecular flexibility index (Phi) is 12.2. The number of likely N-dealkylation sites (tertiary alicyclic amines) is 1. The molecule has 2 amide bonds. The smallest absolute Gasteiger partial charge is 0.257 e. The summed E-state index contributed by atoms with van der Waals surface area (Å²) >= 11 is 0. The number of carbonyl (C=O) groups is 2. The molecule has 254 valence electrons. The monoisotopic (exact) mass is 639 g/mol. The maximum atomic E-state index is 13.8. The molecule has 2 aromatic carbocycles. The van der Waals surface area contributed by atoms with Gasteiger partial charge in [-0.15, -0.1) is 6.58 Å². The Balaban J connectivity index is 1.70. The van der Waals surface area contributed by atoms with Gasteiger partial charge in [-0.3, -0.25) is 19.8 Å². The molecule has 1 aliphatic heterocycles. The van der Waals surface area contributed by atoms with Gasteiger partial charge in [0.25, 0.3) is 5.91 Å².